The Kier molecular flexibility index (Phi) is 4.56. The van der Waals surface area contributed by atoms with Crippen molar-refractivity contribution in [3.05, 3.63) is 66.3 Å². The predicted molar refractivity (Wildman–Crippen MR) is 91.5 cm³/mol. The highest BCUT2D eigenvalue weighted by molar-refractivity contribution is 5.88. The molecule has 1 unspecified atom stereocenters. The van der Waals surface area contributed by atoms with E-state index >= 15 is 0 Å². The summed E-state index contributed by atoms with van der Waals surface area (Å²) >= 11 is 0. The number of benzene rings is 1. The smallest absolute Gasteiger partial charge is 0.321 e. The van der Waals surface area contributed by atoms with Crippen molar-refractivity contribution in [1.82, 2.24) is 15.3 Å². The summed E-state index contributed by atoms with van der Waals surface area (Å²) in [5, 5.41) is 5.47. The average molecular weight is 322 g/mol. The van der Waals surface area contributed by atoms with E-state index in [1.165, 1.54) is 0 Å². The Balaban J connectivity index is 1.63. The third-order valence-electron chi connectivity index (χ3n) is 3.43. The number of aryl methyl sites for hydroxylation is 1. The molecule has 3 rings (SSSR count). The molecule has 0 radical (unpaired) electrons. The molecule has 0 aliphatic heterocycles. The van der Waals surface area contributed by atoms with E-state index in [9.17, 15) is 4.79 Å². The normalized spacial score (nSPS) is 11.8. The van der Waals surface area contributed by atoms with Gasteiger partial charge in [0, 0.05) is 11.3 Å². The first-order valence-corrected chi connectivity index (χ1v) is 7.64. The molecule has 0 saturated heterocycles. The molecule has 0 spiro atoms. The number of pyridine rings is 1. The second kappa shape index (κ2) is 6.95. The number of hydrogen-bond acceptors (Lipinski definition) is 4. The molecule has 6 heteroatoms. The summed E-state index contributed by atoms with van der Waals surface area (Å²) in [7, 11) is 0. The molecule has 2 amide bonds. The molecule has 0 fully saturated rings. The van der Waals surface area contributed by atoms with Crippen LogP contribution in [0.4, 0.5) is 10.6 Å². The Labute approximate surface area is 140 Å². The summed E-state index contributed by atoms with van der Waals surface area (Å²) in [5.74, 6) is 1.61. The average Bonchev–Trinajstić information content (AvgIpc) is 3.05. The van der Waals surface area contributed by atoms with Crippen LogP contribution in [0.1, 0.15) is 24.6 Å². The molecule has 2 aromatic heterocycles. The molecule has 1 atom stereocenters. The van der Waals surface area contributed by atoms with Crippen LogP contribution >= 0.6 is 0 Å². The van der Waals surface area contributed by atoms with Crippen LogP contribution in [-0.2, 0) is 0 Å². The summed E-state index contributed by atoms with van der Waals surface area (Å²) in [6.45, 7) is 3.67. The van der Waals surface area contributed by atoms with Gasteiger partial charge in [0.05, 0.1) is 6.20 Å². The molecular formula is C18H18N4O2. The Morgan fingerprint density at radius 2 is 1.92 bits per heavy atom. The van der Waals surface area contributed by atoms with Crippen LogP contribution in [0.5, 0.6) is 0 Å². The molecule has 2 N–H and O–H groups in total. The fourth-order valence-electron chi connectivity index (χ4n) is 2.25. The van der Waals surface area contributed by atoms with Gasteiger partial charge in [-0.3, -0.25) is 5.32 Å². The molecule has 1 aromatic carbocycles. The van der Waals surface area contributed by atoms with Gasteiger partial charge in [0.2, 0.25) is 5.89 Å². The number of carbonyl (C=O) groups excluding carboxylic acids is 1. The van der Waals surface area contributed by atoms with Crippen molar-refractivity contribution in [2.45, 2.75) is 19.9 Å². The maximum atomic E-state index is 12.1. The topological polar surface area (TPSA) is 80.0 Å². The number of nitrogens with zero attached hydrogens (tertiary/aromatic N) is 2. The van der Waals surface area contributed by atoms with Crippen molar-refractivity contribution < 1.29 is 9.21 Å². The lowest BCUT2D eigenvalue weighted by molar-refractivity contribution is 0.247. The van der Waals surface area contributed by atoms with Crippen LogP contribution in [0.15, 0.2) is 59.1 Å². The molecule has 0 bridgehead atoms. The molecule has 3 aromatic rings. The Bertz CT molecular complexity index is 830. The first kappa shape index (κ1) is 15.7. The zero-order valence-corrected chi connectivity index (χ0v) is 13.5. The summed E-state index contributed by atoms with van der Waals surface area (Å²) < 4.78 is 5.73. The molecule has 2 heterocycles. The highest BCUT2D eigenvalue weighted by Crippen LogP contribution is 2.22. The van der Waals surface area contributed by atoms with Crippen molar-refractivity contribution in [2.24, 2.45) is 0 Å². The van der Waals surface area contributed by atoms with Crippen molar-refractivity contribution in [3.63, 3.8) is 0 Å². The number of oxazole rings is 1. The van der Waals surface area contributed by atoms with E-state index in [0.29, 0.717) is 17.5 Å². The van der Waals surface area contributed by atoms with E-state index in [0.717, 1.165) is 11.3 Å². The summed E-state index contributed by atoms with van der Waals surface area (Å²) in [4.78, 5) is 20.5. The van der Waals surface area contributed by atoms with Crippen molar-refractivity contribution in [2.75, 3.05) is 5.32 Å². The van der Waals surface area contributed by atoms with Gasteiger partial charge in [-0.05, 0) is 26.0 Å². The van der Waals surface area contributed by atoms with Gasteiger partial charge in [0.1, 0.15) is 11.9 Å². The summed E-state index contributed by atoms with van der Waals surface area (Å²) in [5.41, 5.74) is 1.78. The zero-order chi connectivity index (χ0) is 16.9. The molecule has 0 saturated carbocycles. The highest BCUT2D eigenvalue weighted by Gasteiger charge is 2.16. The number of amides is 2. The highest BCUT2D eigenvalue weighted by atomic mass is 16.4. The molecule has 0 aliphatic carbocycles. The summed E-state index contributed by atoms with van der Waals surface area (Å²) in [6.07, 6.45) is 1.66. The van der Waals surface area contributed by atoms with E-state index in [-0.39, 0.29) is 12.1 Å². The van der Waals surface area contributed by atoms with Gasteiger partial charge in [0.15, 0.2) is 5.76 Å². The van der Waals surface area contributed by atoms with Gasteiger partial charge >= 0.3 is 6.03 Å². The molecule has 24 heavy (non-hydrogen) atoms. The third kappa shape index (κ3) is 3.78. The molecule has 6 nitrogen and oxygen atoms in total. The number of hydrogen-bond donors (Lipinski definition) is 2. The summed E-state index contributed by atoms with van der Waals surface area (Å²) in [6, 6.07) is 14.4. The number of anilines is 1. The first-order chi connectivity index (χ1) is 11.6. The lowest BCUT2D eigenvalue weighted by atomic mass is 10.2. The van der Waals surface area contributed by atoms with Crippen molar-refractivity contribution in [1.29, 1.82) is 0 Å². The van der Waals surface area contributed by atoms with E-state index < -0.39 is 0 Å². The quantitative estimate of drug-likeness (QED) is 0.762. The first-order valence-electron chi connectivity index (χ1n) is 7.64. The number of carbonyl (C=O) groups is 1. The van der Waals surface area contributed by atoms with Crippen LogP contribution < -0.4 is 10.6 Å². The Hall–Kier alpha value is -3.15. The van der Waals surface area contributed by atoms with E-state index in [4.69, 9.17) is 4.42 Å². The lowest BCUT2D eigenvalue weighted by Gasteiger charge is -2.11. The van der Waals surface area contributed by atoms with Crippen LogP contribution in [-0.4, -0.2) is 16.0 Å². The van der Waals surface area contributed by atoms with Gasteiger partial charge in [-0.15, -0.1) is 0 Å². The van der Waals surface area contributed by atoms with Crippen LogP contribution in [0.3, 0.4) is 0 Å². The Morgan fingerprint density at radius 3 is 2.67 bits per heavy atom. The van der Waals surface area contributed by atoms with Crippen LogP contribution in [0.2, 0.25) is 0 Å². The predicted octanol–water partition coefficient (Wildman–Crippen LogP) is 3.93. The second-order valence-corrected chi connectivity index (χ2v) is 5.41. The maximum Gasteiger partial charge on any atom is 0.321 e. The van der Waals surface area contributed by atoms with Crippen LogP contribution in [0, 0.1) is 6.92 Å². The molecule has 0 aliphatic rings. The fourth-order valence-corrected chi connectivity index (χ4v) is 2.25. The number of urea groups is 1. The monoisotopic (exact) mass is 322 g/mol. The zero-order valence-electron chi connectivity index (χ0n) is 13.5. The SMILES string of the molecule is Cc1cccc(NC(=O)NC(C)c2ncc(-c3ccccc3)o2)n1. The minimum atomic E-state index is -0.368. The van der Waals surface area contributed by atoms with E-state index in [2.05, 4.69) is 20.6 Å². The van der Waals surface area contributed by atoms with Gasteiger partial charge < -0.3 is 9.73 Å². The van der Waals surface area contributed by atoms with Gasteiger partial charge in [0.25, 0.3) is 0 Å². The number of nitrogens with one attached hydrogen (secondary N) is 2. The standard InChI is InChI=1S/C18H18N4O2/c1-12-7-6-10-16(20-12)22-18(23)21-13(2)17-19-11-15(24-17)14-8-4-3-5-9-14/h3-11,13H,1-2H3,(H2,20,21,22,23). The second-order valence-electron chi connectivity index (χ2n) is 5.41. The minimum absolute atomic E-state index is 0.361. The third-order valence-corrected chi connectivity index (χ3v) is 3.43. The maximum absolute atomic E-state index is 12.1. The van der Waals surface area contributed by atoms with Gasteiger partial charge in [-0.1, -0.05) is 36.4 Å². The van der Waals surface area contributed by atoms with Gasteiger partial charge in [-0.2, -0.15) is 0 Å². The number of aromatic nitrogens is 2. The minimum Gasteiger partial charge on any atom is -0.438 e. The lowest BCUT2D eigenvalue weighted by Crippen LogP contribution is -2.31. The molecular weight excluding hydrogens is 304 g/mol. The van der Waals surface area contributed by atoms with Gasteiger partial charge in [-0.25, -0.2) is 14.8 Å². The van der Waals surface area contributed by atoms with Crippen LogP contribution in [0.25, 0.3) is 11.3 Å². The fraction of sp³-hybridized carbons (Fsp3) is 0.167. The number of rotatable bonds is 4. The van der Waals surface area contributed by atoms with Crippen molar-refractivity contribution >= 4 is 11.8 Å². The van der Waals surface area contributed by atoms with Crippen molar-refractivity contribution in [3.8, 4) is 11.3 Å². The largest absolute Gasteiger partial charge is 0.438 e. The molecule has 122 valence electrons. The Morgan fingerprint density at radius 1 is 1.12 bits per heavy atom. The van der Waals surface area contributed by atoms with E-state index in [1.54, 1.807) is 12.3 Å². The van der Waals surface area contributed by atoms with E-state index in [1.807, 2.05) is 56.3 Å².